The van der Waals surface area contributed by atoms with E-state index in [2.05, 4.69) is 0 Å². The molecule has 1 saturated heterocycles. The van der Waals surface area contributed by atoms with Crippen LogP contribution in [0, 0.1) is 17.8 Å². The highest BCUT2D eigenvalue weighted by molar-refractivity contribution is 7.87. The summed E-state index contributed by atoms with van der Waals surface area (Å²) in [6.45, 7) is -3.19. The molecule has 0 aromatic heterocycles. The third-order valence-corrected chi connectivity index (χ3v) is 7.86. The molecule has 1 N–H and O–H groups in total. The van der Waals surface area contributed by atoms with Crippen molar-refractivity contribution >= 4 is 16.1 Å². The molecule has 0 aromatic carbocycles. The van der Waals surface area contributed by atoms with Crippen molar-refractivity contribution in [2.45, 2.75) is 67.0 Å². The maximum absolute atomic E-state index is 13.8. The van der Waals surface area contributed by atoms with Gasteiger partial charge in [0.05, 0.1) is 0 Å². The fraction of sp³-hybridized carbons (Fsp3) is 0.941. The van der Waals surface area contributed by atoms with Gasteiger partial charge in [0, 0.05) is 12.3 Å². The van der Waals surface area contributed by atoms with E-state index in [1.54, 1.807) is 0 Å². The van der Waals surface area contributed by atoms with E-state index in [-0.39, 0.29) is 43.9 Å². The van der Waals surface area contributed by atoms with Gasteiger partial charge in [-0.3, -0.25) is 4.55 Å². The van der Waals surface area contributed by atoms with Gasteiger partial charge in [-0.15, -0.1) is 0 Å². The lowest BCUT2D eigenvalue weighted by Gasteiger charge is -2.59. The second-order valence-corrected chi connectivity index (χ2v) is 10.4. The van der Waals surface area contributed by atoms with Gasteiger partial charge >= 0.3 is 33.2 Å². The van der Waals surface area contributed by atoms with Crippen molar-refractivity contribution < 1.29 is 58.3 Å². The predicted octanol–water partition coefficient (Wildman–Crippen LogP) is 2.99. The molecule has 3 aliphatic carbocycles. The normalized spacial score (nSPS) is 38.5. The van der Waals surface area contributed by atoms with Gasteiger partial charge in [-0.2, -0.15) is 34.8 Å². The molecule has 4 aliphatic rings. The van der Waals surface area contributed by atoms with Crippen molar-refractivity contribution in [1.29, 1.82) is 0 Å². The summed E-state index contributed by atoms with van der Waals surface area (Å²) in [5.74, 6) is -14.5. The Bertz CT molecular complexity index is 860. The minimum Gasteiger partial charge on any atom is -0.454 e. The van der Waals surface area contributed by atoms with E-state index < -0.39 is 63.7 Å². The van der Waals surface area contributed by atoms with E-state index in [0.717, 1.165) is 0 Å². The molecule has 4 unspecified atom stereocenters. The van der Waals surface area contributed by atoms with Gasteiger partial charge in [0.1, 0.15) is 18.8 Å². The quantitative estimate of drug-likeness (QED) is 0.375. The van der Waals surface area contributed by atoms with Crippen LogP contribution in [0.25, 0.3) is 0 Å². The van der Waals surface area contributed by atoms with E-state index in [1.807, 2.05) is 0 Å². The number of carbonyl (C=O) groups excluding carboxylic acids is 1. The molecule has 178 valence electrons. The molecular weight excluding hydrogens is 462 g/mol. The first kappa shape index (κ1) is 23.1. The molecule has 1 aliphatic heterocycles. The highest BCUT2D eigenvalue weighted by Crippen LogP contribution is 2.61. The molecule has 3 bridgehead atoms. The van der Waals surface area contributed by atoms with Crippen LogP contribution in [0.15, 0.2) is 0 Å². The van der Waals surface area contributed by atoms with Gasteiger partial charge in [0.25, 0.3) is 0 Å². The molecule has 14 heteroatoms. The Balaban J connectivity index is 1.61. The minimum absolute atomic E-state index is 0.0553. The second kappa shape index (κ2) is 6.70. The van der Waals surface area contributed by atoms with E-state index in [1.165, 1.54) is 0 Å². The summed E-state index contributed by atoms with van der Waals surface area (Å²) in [6.07, 6.45) is 0.615. The molecule has 3 saturated carbocycles. The van der Waals surface area contributed by atoms with Gasteiger partial charge in [-0.25, -0.2) is 4.79 Å². The van der Waals surface area contributed by atoms with Gasteiger partial charge < -0.3 is 14.2 Å². The molecular formula is C17H20F6O7S. The highest BCUT2D eigenvalue weighted by Gasteiger charge is 2.67. The zero-order chi connectivity index (χ0) is 23.1. The molecule has 0 amide bonds. The van der Waals surface area contributed by atoms with Crippen molar-refractivity contribution in [1.82, 2.24) is 0 Å². The molecule has 4 fully saturated rings. The second-order valence-electron chi connectivity index (χ2n) is 8.97. The molecule has 1 spiro atoms. The monoisotopic (exact) mass is 482 g/mol. The number of halogens is 6. The summed E-state index contributed by atoms with van der Waals surface area (Å²) in [5, 5.41) is -5.19. The van der Waals surface area contributed by atoms with Crippen molar-refractivity contribution in [3.05, 3.63) is 0 Å². The van der Waals surface area contributed by atoms with E-state index in [4.69, 9.17) is 18.8 Å². The summed E-state index contributed by atoms with van der Waals surface area (Å²) in [4.78, 5) is 11.9. The van der Waals surface area contributed by atoms with E-state index in [9.17, 15) is 39.6 Å². The van der Waals surface area contributed by atoms with Crippen LogP contribution >= 0.6 is 0 Å². The van der Waals surface area contributed by atoms with Gasteiger partial charge in [0.15, 0.2) is 5.79 Å². The zero-order valence-corrected chi connectivity index (χ0v) is 16.8. The number of alkyl halides is 6. The molecule has 4 atom stereocenters. The third-order valence-electron chi connectivity index (χ3n) is 7.05. The Morgan fingerprint density at radius 1 is 1.00 bits per heavy atom. The fourth-order valence-corrected chi connectivity index (χ4v) is 5.71. The van der Waals surface area contributed by atoms with Crippen LogP contribution in [0.2, 0.25) is 0 Å². The average molecular weight is 482 g/mol. The number of hydrogen-bond donors (Lipinski definition) is 1. The summed E-state index contributed by atoms with van der Waals surface area (Å²) in [5.41, 5.74) is -1.58. The van der Waals surface area contributed by atoms with Crippen molar-refractivity contribution in [3.63, 3.8) is 0 Å². The Kier molecular flexibility index (Phi) is 4.98. The first-order valence-electron chi connectivity index (χ1n) is 9.64. The lowest BCUT2D eigenvalue weighted by molar-refractivity contribution is -0.319. The zero-order valence-electron chi connectivity index (χ0n) is 16.0. The maximum Gasteiger partial charge on any atom is 0.465 e. The van der Waals surface area contributed by atoms with Crippen LogP contribution in [0.1, 0.15) is 38.5 Å². The van der Waals surface area contributed by atoms with Crippen LogP contribution in [-0.4, -0.2) is 60.6 Å². The van der Waals surface area contributed by atoms with Crippen LogP contribution in [0.3, 0.4) is 0 Å². The first-order chi connectivity index (χ1) is 14.0. The number of rotatable bonds is 3. The average Bonchev–Trinajstić information content (AvgIpc) is 2.72. The SMILES string of the molecule is O=C(OC12CCC3CC4(OCC(F)(F)C(F)(F)CO4)C(CC3C1)C2)C(F)(F)S(=O)(=O)O. The summed E-state index contributed by atoms with van der Waals surface area (Å²) >= 11 is 0. The van der Waals surface area contributed by atoms with Gasteiger partial charge in [-0.1, -0.05) is 0 Å². The molecule has 7 nitrogen and oxygen atoms in total. The third kappa shape index (κ3) is 3.53. The first-order valence-corrected chi connectivity index (χ1v) is 11.1. The molecule has 0 aromatic rings. The van der Waals surface area contributed by atoms with Crippen molar-refractivity contribution in [2.75, 3.05) is 13.2 Å². The van der Waals surface area contributed by atoms with Crippen molar-refractivity contribution in [3.8, 4) is 0 Å². The predicted molar refractivity (Wildman–Crippen MR) is 88.0 cm³/mol. The topological polar surface area (TPSA) is 99.1 Å². The number of ether oxygens (including phenoxy) is 3. The Labute approximate surface area is 173 Å². The Morgan fingerprint density at radius 2 is 1.58 bits per heavy atom. The largest absolute Gasteiger partial charge is 0.465 e. The lowest BCUT2D eigenvalue weighted by atomic mass is 9.53. The Hall–Kier alpha value is -1.12. The van der Waals surface area contributed by atoms with Crippen LogP contribution in [-0.2, 0) is 29.1 Å². The maximum atomic E-state index is 13.8. The van der Waals surface area contributed by atoms with Crippen LogP contribution in [0.4, 0.5) is 26.3 Å². The highest BCUT2D eigenvalue weighted by atomic mass is 32.2. The van der Waals surface area contributed by atoms with E-state index >= 15 is 0 Å². The number of carbonyl (C=O) groups is 1. The standard InChI is InChI=1S/C17H20F6O7S/c18-15(19)7-28-14(29-8-16(15,20)21)5-9-1-2-13(4-10(9)3-11(14)6-13)30-12(24)17(22,23)31(25,26)27/h9-11H,1-8H2,(H,25,26,27). The van der Waals surface area contributed by atoms with Gasteiger partial charge in [-0.05, 0) is 43.9 Å². The number of fused-ring (bicyclic) bond motifs is 3. The molecule has 31 heavy (non-hydrogen) atoms. The number of esters is 1. The molecule has 4 rings (SSSR count). The summed E-state index contributed by atoms with van der Waals surface area (Å²) in [7, 11) is -6.07. The molecule has 0 radical (unpaired) electrons. The smallest absolute Gasteiger partial charge is 0.454 e. The number of hydrogen-bond acceptors (Lipinski definition) is 6. The minimum atomic E-state index is -6.07. The van der Waals surface area contributed by atoms with Gasteiger partial charge in [0.2, 0.25) is 0 Å². The fourth-order valence-electron chi connectivity index (χ4n) is 5.45. The summed E-state index contributed by atoms with van der Waals surface area (Å²) in [6, 6.07) is 0. The lowest BCUT2D eigenvalue weighted by Crippen LogP contribution is -2.61. The summed E-state index contributed by atoms with van der Waals surface area (Å²) < 4.78 is 128. The van der Waals surface area contributed by atoms with Crippen molar-refractivity contribution in [2.24, 2.45) is 17.8 Å². The van der Waals surface area contributed by atoms with E-state index in [0.29, 0.717) is 6.42 Å². The van der Waals surface area contributed by atoms with Crippen LogP contribution in [0.5, 0.6) is 0 Å². The van der Waals surface area contributed by atoms with Crippen LogP contribution < -0.4 is 0 Å². The Morgan fingerprint density at radius 3 is 2.13 bits per heavy atom. The molecule has 1 heterocycles.